The van der Waals surface area contributed by atoms with Crippen molar-refractivity contribution in [3.05, 3.63) is 35.0 Å². The Bertz CT molecular complexity index is 780. The van der Waals surface area contributed by atoms with Crippen LogP contribution in [0.1, 0.15) is 56.4 Å². The highest BCUT2D eigenvalue weighted by Gasteiger charge is 2.10. The second-order valence-corrected chi connectivity index (χ2v) is 7.18. The summed E-state index contributed by atoms with van der Waals surface area (Å²) < 4.78 is 4.18. The lowest BCUT2D eigenvalue weighted by molar-refractivity contribution is 0.678. The van der Waals surface area contributed by atoms with E-state index in [2.05, 4.69) is 58.5 Å². The van der Waals surface area contributed by atoms with Crippen LogP contribution in [0.15, 0.2) is 28.4 Å². The molecule has 0 saturated carbocycles. The van der Waals surface area contributed by atoms with Gasteiger partial charge in [-0.05, 0) is 62.0 Å². The van der Waals surface area contributed by atoms with Crippen LogP contribution in [-0.2, 0) is 0 Å². The van der Waals surface area contributed by atoms with Gasteiger partial charge in [0.15, 0.2) is 5.00 Å². The number of hydrogen-bond donors (Lipinski definition) is 0. The first-order valence-electron chi connectivity index (χ1n) is 9.24. The average molecular weight is 370 g/mol. The van der Waals surface area contributed by atoms with Crippen LogP contribution in [0, 0.1) is 25.2 Å². The highest BCUT2D eigenvalue weighted by Crippen LogP contribution is 2.31. The first-order valence-corrected chi connectivity index (χ1v) is 10.0. The molecule has 1 aromatic heterocycles. The number of azo groups is 1. The molecule has 1 aromatic carbocycles. The standard InChI is InChI=1S/C20H27N5S/c1-5-7-11-25(12-8-6-2)17-9-10-19(15(3)13-17)22-23-20-18(14-21)16(4)24-26-20/h9-10,13H,5-8,11-12H2,1-4H3. The molecule has 0 radical (unpaired) electrons. The second-order valence-electron chi connectivity index (χ2n) is 6.42. The number of anilines is 1. The molecule has 0 amide bonds. The van der Waals surface area contributed by atoms with Crippen LogP contribution < -0.4 is 4.90 Å². The molecule has 0 bridgehead atoms. The van der Waals surface area contributed by atoms with Gasteiger partial charge in [0.05, 0.1) is 11.4 Å². The van der Waals surface area contributed by atoms with Gasteiger partial charge < -0.3 is 4.90 Å². The maximum Gasteiger partial charge on any atom is 0.176 e. The smallest absolute Gasteiger partial charge is 0.176 e. The van der Waals surface area contributed by atoms with Crippen molar-refractivity contribution in [2.75, 3.05) is 18.0 Å². The third kappa shape index (κ3) is 5.12. The number of aromatic nitrogens is 1. The Kier molecular flexibility index (Phi) is 7.73. The van der Waals surface area contributed by atoms with Gasteiger partial charge in [0, 0.05) is 18.8 Å². The summed E-state index contributed by atoms with van der Waals surface area (Å²) in [4.78, 5) is 2.46. The van der Waals surface area contributed by atoms with Crippen molar-refractivity contribution in [2.45, 2.75) is 53.4 Å². The largest absolute Gasteiger partial charge is 0.372 e. The summed E-state index contributed by atoms with van der Waals surface area (Å²) >= 11 is 1.21. The first kappa shape index (κ1) is 20.1. The number of unbranched alkanes of at least 4 members (excludes halogenated alkanes) is 2. The average Bonchev–Trinajstić information content (AvgIpc) is 3.00. The van der Waals surface area contributed by atoms with Crippen LogP contribution in [0.3, 0.4) is 0 Å². The van der Waals surface area contributed by atoms with Gasteiger partial charge in [-0.25, -0.2) is 0 Å². The van der Waals surface area contributed by atoms with Gasteiger partial charge >= 0.3 is 0 Å². The zero-order valence-electron chi connectivity index (χ0n) is 16.1. The Morgan fingerprint density at radius 2 is 1.81 bits per heavy atom. The zero-order chi connectivity index (χ0) is 18.9. The molecule has 138 valence electrons. The lowest BCUT2D eigenvalue weighted by atomic mass is 10.1. The fourth-order valence-electron chi connectivity index (χ4n) is 2.67. The molecule has 2 rings (SSSR count). The Morgan fingerprint density at radius 1 is 1.12 bits per heavy atom. The van der Waals surface area contributed by atoms with Crippen molar-refractivity contribution < 1.29 is 0 Å². The van der Waals surface area contributed by atoms with E-state index in [1.807, 2.05) is 13.0 Å². The van der Waals surface area contributed by atoms with Crippen LogP contribution in [-0.4, -0.2) is 17.5 Å². The molecule has 0 unspecified atom stereocenters. The number of hydrogen-bond acceptors (Lipinski definition) is 6. The summed E-state index contributed by atoms with van der Waals surface area (Å²) in [6.07, 6.45) is 4.80. The molecule has 0 N–H and O–H groups in total. The van der Waals surface area contributed by atoms with Crippen LogP contribution in [0.4, 0.5) is 16.4 Å². The van der Waals surface area contributed by atoms with Crippen LogP contribution >= 0.6 is 11.5 Å². The topological polar surface area (TPSA) is 64.6 Å². The Labute approximate surface area is 160 Å². The SMILES string of the molecule is CCCCN(CCCC)c1ccc(N=Nc2snc(C)c2C#N)c(C)c1. The minimum atomic E-state index is 0.512. The molecule has 5 nitrogen and oxygen atoms in total. The number of rotatable bonds is 9. The van der Waals surface area contributed by atoms with Gasteiger partial charge in [-0.3, -0.25) is 0 Å². The number of nitrogens with zero attached hydrogens (tertiary/aromatic N) is 5. The number of benzene rings is 1. The van der Waals surface area contributed by atoms with E-state index in [0.717, 1.165) is 24.3 Å². The molecule has 0 aliphatic heterocycles. The van der Waals surface area contributed by atoms with Crippen molar-refractivity contribution in [1.29, 1.82) is 5.26 Å². The maximum atomic E-state index is 9.19. The number of nitriles is 1. The van der Waals surface area contributed by atoms with Crippen LogP contribution in [0.25, 0.3) is 0 Å². The molecule has 26 heavy (non-hydrogen) atoms. The van der Waals surface area contributed by atoms with Crippen molar-refractivity contribution in [2.24, 2.45) is 10.2 Å². The predicted octanol–water partition coefficient (Wildman–Crippen LogP) is 6.45. The highest BCUT2D eigenvalue weighted by molar-refractivity contribution is 7.10. The Hall–Kier alpha value is -2.26. The maximum absolute atomic E-state index is 9.19. The molecule has 0 spiro atoms. The normalized spacial score (nSPS) is 11.0. The van der Waals surface area contributed by atoms with Crippen molar-refractivity contribution in [3.63, 3.8) is 0 Å². The lowest BCUT2D eigenvalue weighted by Crippen LogP contribution is -2.25. The van der Waals surface area contributed by atoms with E-state index in [9.17, 15) is 5.26 Å². The van der Waals surface area contributed by atoms with Gasteiger partial charge in [-0.15, -0.1) is 10.2 Å². The van der Waals surface area contributed by atoms with E-state index >= 15 is 0 Å². The van der Waals surface area contributed by atoms with Crippen molar-refractivity contribution in [1.82, 2.24) is 4.37 Å². The van der Waals surface area contributed by atoms with Gasteiger partial charge in [0.2, 0.25) is 0 Å². The summed E-state index contributed by atoms with van der Waals surface area (Å²) in [6.45, 7) is 10.5. The second kappa shape index (κ2) is 10.0. The fourth-order valence-corrected chi connectivity index (χ4v) is 3.35. The lowest BCUT2D eigenvalue weighted by Gasteiger charge is -2.25. The summed E-state index contributed by atoms with van der Waals surface area (Å²) in [5.41, 5.74) is 4.38. The van der Waals surface area contributed by atoms with Gasteiger partial charge in [-0.1, -0.05) is 26.7 Å². The third-order valence-corrected chi connectivity index (χ3v) is 5.14. The van der Waals surface area contributed by atoms with E-state index in [-0.39, 0.29) is 0 Å². The van der Waals surface area contributed by atoms with Gasteiger partial charge in [-0.2, -0.15) is 9.64 Å². The molecule has 0 atom stereocenters. The molecule has 0 aliphatic carbocycles. The van der Waals surface area contributed by atoms with E-state index in [1.165, 1.54) is 42.9 Å². The van der Waals surface area contributed by atoms with Gasteiger partial charge in [0.25, 0.3) is 0 Å². The van der Waals surface area contributed by atoms with E-state index < -0.39 is 0 Å². The summed E-state index contributed by atoms with van der Waals surface area (Å²) in [5, 5.41) is 18.4. The predicted molar refractivity (Wildman–Crippen MR) is 109 cm³/mol. The quantitative estimate of drug-likeness (QED) is 0.477. The molecular formula is C20H27N5S. The fraction of sp³-hybridized carbons (Fsp3) is 0.500. The van der Waals surface area contributed by atoms with Crippen molar-refractivity contribution >= 4 is 27.9 Å². The van der Waals surface area contributed by atoms with E-state index in [1.54, 1.807) is 0 Å². The van der Waals surface area contributed by atoms with Crippen LogP contribution in [0.2, 0.25) is 0 Å². The summed E-state index contributed by atoms with van der Waals surface area (Å²) in [6, 6.07) is 8.46. The molecular weight excluding hydrogens is 342 g/mol. The van der Waals surface area contributed by atoms with Crippen LogP contribution in [0.5, 0.6) is 0 Å². The molecule has 0 aliphatic rings. The Balaban J connectivity index is 2.19. The Morgan fingerprint density at radius 3 is 2.38 bits per heavy atom. The molecule has 0 saturated heterocycles. The number of aryl methyl sites for hydroxylation is 2. The minimum Gasteiger partial charge on any atom is -0.372 e. The first-order chi connectivity index (χ1) is 12.6. The zero-order valence-corrected chi connectivity index (χ0v) is 16.9. The van der Waals surface area contributed by atoms with Crippen molar-refractivity contribution in [3.8, 4) is 6.07 Å². The molecule has 6 heteroatoms. The molecule has 0 fully saturated rings. The molecule has 2 aromatic rings. The van der Waals surface area contributed by atoms with E-state index in [4.69, 9.17) is 0 Å². The summed E-state index contributed by atoms with van der Waals surface area (Å²) in [7, 11) is 0. The monoisotopic (exact) mass is 369 g/mol. The van der Waals surface area contributed by atoms with E-state index in [0.29, 0.717) is 16.3 Å². The summed E-state index contributed by atoms with van der Waals surface area (Å²) in [5.74, 6) is 0. The third-order valence-electron chi connectivity index (χ3n) is 4.31. The molecule has 1 heterocycles. The van der Waals surface area contributed by atoms with Gasteiger partial charge in [0.1, 0.15) is 11.6 Å². The highest BCUT2D eigenvalue weighted by atomic mass is 32.1. The minimum absolute atomic E-state index is 0.512.